The zero-order valence-corrected chi connectivity index (χ0v) is 10.9. The smallest absolute Gasteiger partial charge is 0.216 e. The van der Waals surface area contributed by atoms with Crippen molar-refractivity contribution in [1.82, 2.24) is 0 Å². The highest BCUT2D eigenvalue weighted by molar-refractivity contribution is 7.38. The molecule has 0 heterocycles. The topological polar surface area (TPSA) is 46.5 Å². The average Bonchev–Trinajstić information content (AvgIpc) is 2.17. The maximum absolute atomic E-state index is 11.3. The molecule has 0 radical (unpaired) electrons. The van der Waals surface area contributed by atoms with Crippen molar-refractivity contribution < 1.29 is 14.2 Å². The lowest BCUT2D eigenvalue weighted by Crippen LogP contribution is -2.32. The Labute approximate surface area is 93.1 Å². The summed E-state index contributed by atoms with van der Waals surface area (Å²) in [6, 6.07) is 0. The molecule has 1 rings (SSSR count). The Bertz CT molecular complexity index is 218. The molecule has 0 aromatic rings. The maximum Gasteiger partial charge on any atom is 0.216 e. The van der Waals surface area contributed by atoms with Crippen LogP contribution in [-0.2, 0) is 9.09 Å². The molecule has 1 fully saturated rings. The fourth-order valence-corrected chi connectivity index (χ4v) is 3.14. The van der Waals surface area contributed by atoms with Gasteiger partial charge >= 0.3 is 0 Å². The fourth-order valence-electron chi connectivity index (χ4n) is 2.46. The van der Waals surface area contributed by atoms with E-state index < -0.39 is 8.03 Å². The minimum Gasteiger partial charge on any atom is -0.387 e. The summed E-state index contributed by atoms with van der Waals surface area (Å²) in [6.07, 6.45) is 3.15. The predicted octanol–water partition coefficient (Wildman–Crippen LogP) is 2.89. The van der Waals surface area contributed by atoms with E-state index in [1.165, 1.54) is 6.42 Å². The molecule has 2 unspecified atom stereocenters. The molecule has 1 saturated carbocycles. The molecule has 1 aliphatic carbocycles. The quantitative estimate of drug-likeness (QED) is 0.761. The molecule has 15 heavy (non-hydrogen) atoms. The lowest BCUT2D eigenvalue weighted by Gasteiger charge is -2.36. The zero-order valence-electron chi connectivity index (χ0n) is 9.90. The Morgan fingerprint density at radius 2 is 2.13 bits per heavy atom. The van der Waals surface area contributed by atoms with Crippen molar-refractivity contribution in [2.24, 2.45) is 17.8 Å². The van der Waals surface area contributed by atoms with Crippen molar-refractivity contribution in [3.8, 4) is 0 Å². The van der Waals surface area contributed by atoms with Gasteiger partial charge in [-0.2, -0.15) is 0 Å². The van der Waals surface area contributed by atoms with Gasteiger partial charge in [-0.25, -0.2) is 0 Å². The maximum atomic E-state index is 11.3. The second-order valence-corrected chi connectivity index (χ2v) is 6.31. The van der Waals surface area contributed by atoms with Gasteiger partial charge in [0.15, 0.2) is 0 Å². The third kappa shape index (κ3) is 3.90. The molecule has 0 aromatic heterocycles. The monoisotopic (exact) mass is 234 g/mol. The van der Waals surface area contributed by atoms with Crippen LogP contribution in [-0.4, -0.2) is 17.6 Å². The van der Waals surface area contributed by atoms with Crippen molar-refractivity contribution in [3.63, 3.8) is 0 Å². The van der Waals surface area contributed by atoms with Crippen LogP contribution in [0.3, 0.4) is 0 Å². The van der Waals surface area contributed by atoms with E-state index in [-0.39, 0.29) is 12.5 Å². The van der Waals surface area contributed by atoms with Crippen molar-refractivity contribution in [2.75, 3.05) is 6.35 Å². The Balaban J connectivity index is 2.57. The van der Waals surface area contributed by atoms with E-state index in [0.29, 0.717) is 17.8 Å². The number of hydrogen-bond donors (Lipinski definition) is 1. The number of hydrogen-bond acceptors (Lipinski definition) is 3. The van der Waals surface area contributed by atoms with Gasteiger partial charge in [0.25, 0.3) is 0 Å². The van der Waals surface area contributed by atoms with Gasteiger partial charge in [-0.05, 0) is 30.6 Å². The second-order valence-electron chi connectivity index (χ2n) is 5.01. The van der Waals surface area contributed by atoms with E-state index in [1.807, 2.05) is 0 Å². The minimum atomic E-state index is -2.21. The Kier molecular flexibility index (Phi) is 5.31. The van der Waals surface area contributed by atoms with Gasteiger partial charge in [0.2, 0.25) is 8.03 Å². The third-order valence-corrected chi connectivity index (χ3v) is 4.20. The van der Waals surface area contributed by atoms with E-state index in [9.17, 15) is 4.57 Å². The average molecular weight is 234 g/mol. The fraction of sp³-hybridized carbons (Fsp3) is 1.00. The van der Waals surface area contributed by atoms with E-state index in [4.69, 9.17) is 9.63 Å². The van der Waals surface area contributed by atoms with Gasteiger partial charge in [-0.1, -0.05) is 27.2 Å². The molecule has 0 aliphatic heterocycles. The molecule has 3 nitrogen and oxygen atoms in total. The summed E-state index contributed by atoms with van der Waals surface area (Å²) in [7, 11) is -2.21. The second kappa shape index (κ2) is 6.03. The van der Waals surface area contributed by atoms with Crippen LogP contribution >= 0.6 is 8.03 Å². The van der Waals surface area contributed by atoms with Crippen LogP contribution in [0, 0.1) is 17.8 Å². The molecule has 0 aromatic carbocycles. The Morgan fingerprint density at radius 3 is 2.67 bits per heavy atom. The molecule has 0 spiro atoms. The summed E-state index contributed by atoms with van der Waals surface area (Å²) in [4.78, 5) is 0. The van der Waals surface area contributed by atoms with Crippen LogP contribution in [0.1, 0.15) is 40.0 Å². The first-order valence-electron chi connectivity index (χ1n) is 5.85. The SMILES string of the molecule is CC(C)C1CC[C@@H](C)C[C@H]1O[PH](=O)CO. The molecule has 0 bridgehead atoms. The van der Waals surface area contributed by atoms with E-state index in [0.717, 1.165) is 12.8 Å². The predicted molar refractivity (Wildman–Crippen MR) is 62.3 cm³/mol. The summed E-state index contributed by atoms with van der Waals surface area (Å²) in [5, 5.41) is 8.76. The summed E-state index contributed by atoms with van der Waals surface area (Å²) in [6.45, 7) is 6.59. The van der Waals surface area contributed by atoms with Crippen molar-refractivity contribution >= 4 is 8.03 Å². The lowest BCUT2D eigenvalue weighted by molar-refractivity contribution is 0.0500. The molecule has 4 atom stereocenters. The van der Waals surface area contributed by atoms with Crippen LogP contribution in [0.5, 0.6) is 0 Å². The summed E-state index contributed by atoms with van der Waals surface area (Å²) in [5.41, 5.74) is 0. The summed E-state index contributed by atoms with van der Waals surface area (Å²) in [5.74, 6) is 1.72. The molecule has 1 aliphatic rings. The normalized spacial score (nSPS) is 34.3. The van der Waals surface area contributed by atoms with Gasteiger partial charge < -0.3 is 9.63 Å². The molecule has 1 N–H and O–H groups in total. The van der Waals surface area contributed by atoms with E-state index in [1.54, 1.807) is 0 Å². The highest BCUT2D eigenvalue weighted by Crippen LogP contribution is 2.39. The van der Waals surface area contributed by atoms with Gasteiger partial charge in [0.05, 0.1) is 6.10 Å². The third-order valence-electron chi connectivity index (χ3n) is 3.37. The molecular formula is C11H23O3P. The van der Waals surface area contributed by atoms with Gasteiger partial charge in [-0.15, -0.1) is 0 Å². The highest BCUT2D eigenvalue weighted by Gasteiger charge is 2.32. The van der Waals surface area contributed by atoms with Crippen molar-refractivity contribution in [1.29, 1.82) is 0 Å². The summed E-state index contributed by atoms with van der Waals surface area (Å²) < 4.78 is 16.7. The Morgan fingerprint density at radius 1 is 1.47 bits per heavy atom. The largest absolute Gasteiger partial charge is 0.387 e. The van der Waals surface area contributed by atoms with Crippen molar-refractivity contribution in [2.45, 2.75) is 46.1 Å². The molecule has 0 saturated heterocycles. The van der Waals surface area contributed by atoms with Crippen LogP contribution in [0.15, 0.2) is 0 Å². The Hall–Kier alpha value is 0.150. The lowest BCUT2D eigenvalue weighted by atomic mass is 9.75. The van der Waals surface area contributed by atoms with E-state index >= 15 is 0 Å². The minimum absolute atomic E-state index is 0.0901. The van der Waals surface area contributed by atoms with Gasteiger partial charge in [0.1, 0.15) is 6.35 Å². The van der Waals surface area contributed by atoms with E-state index in [2.05, 4.69) is 20.8 Å². The molecule has 0 amide bonds. The van der Waals surface area contributed by atoms with Gasteiger partial charge in [-0.3, -0.25) is 4.57 Å². The van der Waals surface area contributed by atoms with Crippen molar-refractivity contribution in [3.05, 3.63) is 0 Å². The molecule has 4 heteroatoms. The molecular weight excluding hydrogens is 211 g/mol. The van der Waals surface area contributed by atoms with Crippen LogP contribution in [0.2, 0.25) is 0 Å². The first-order chi connectivity index (χ1) is 7.04. The first-order valence-corrected chi connectivity index (χ1v) is 7.37. The van der Waals surface area contributed by atoms with Crippen LogP contribution in [0.25, 0.3) is 0 Å². The number of aliphatic hydroxyl groups is 1. The molecule has 90 valence electrons. The number of rotatable bonds is 4. The number of aliphatic hydroxyl groups excluding tert-OH is 1. The zero-order chi connectivity index (χ0) is 11.4. The van der Waals surface area contributed by atoms with Gasteiger partial charge in [0, 0.05) is 0 Å². The first kappa shape index (κ1) is 13.2. The highest BCUT2D eigenvalue weighted by atomic mass is 31.1. The van der Waals surface area contributed by atoms with Crippen LogP contribution < -0.4 is 0 Å². The van der Waals surface area contributed by atoms with Crippen LogP contribution in [0.4, 0.5) is 0 Å². The summed E-state index contributed by atoms with van der Waals surface area (Å²) >= 11 is 0. The standard InChI is InChI=1S/C11H23O3P/c1-8(2)10-5-4-9(3)6-11(10)14-15(13)7-12/h8-12,15H,4-7H2,1-3H3/t9-,10?,11-/m1/s1.